The second-order valence-electron chi connectivity index (χ2n) is 4.89. The molecule has 0 radical (unpaired) electrons. The molecule has 0 unspecified atom stereocenters. The van der Waals surface area contributed by atoms with Crippen LogP contribution in [0, 0.1) is 11.8 Å². The Kier molecular flexibility index (Phi) is 4.76. The summed E-state index contributed by atoms with van der Waals surface area (Å²) in [5.74, 6) is 1.11. The summed E-state index contributed by atoms with van der Waals surface area (Å²) in [6, 6.07) is 0. The Morgan fingerprint density at radius 3 is 2.62 bits per heavy atom. The lowest BCUT2D eigenvalue weighted by Crippen LogP contribution is -2.14. The maximum absolute atomic E-state index is 13.6. The van der Waals surface area contributed by atoms with Crippen LogP contribution in [0.4, 0.5) is 4.39 Å². The van der Waals surface area contributed by atoms with Crippen LogP contribution < -0.4 is 0 Å². The van der Waals surface area contributed by atoms with Crippen molar-refractivity contribution in [2.45, 2.75) is 65.0 Å². The quantitative estimate of drug-likeness (QED) is 0.568. The molecule has 1 heteroatoms. The Labute approximate surface area is 83.4 Å². The first-order chi connectivity index (χ1) is 6.20. The first-order valence-corrected chi connectivity index (χ1v) is 5.84. The average molecular weight is 188 g/mol. The lowest BCUT2D eigenvalue weighted by molar-refractivity contribution is 0.197. The summed E-state index contributed by atoms with van der Waals surface area (Å²) in [6.45, 7) is 4.45. The highest BCUT2D eigenvalue weighted by molar-refractivity contribution is 4.73. The van der Waals surface area contributed by atoms with Crippen molar-refractivity contribution >= 4 is 0 Å². The molecule has 0 bridgehead atoms. The molecule has 0 aliphatic heterocycles. The van der Waals surface area contributed by atoms with Gasteiger partial charge in [0.25, 0.3) is 0 Å². The molecule has 0 aromatic rings. The van der Waals surface area contributed by atoms with Crippen LogP contribution in [0.15, 0.2) is 0 Å². The van der Waals surface area contributed by atoms with E-state index in [9.17, 15) is 4.39 Å². The number of hydrogen-bond acceptors (Lipinski definition) is 0. The molecule has 0 nitrogen and oxygen atoms in total. The molecule has 1 aliphatic carbocycles. The Bertz CT molecular complexity index is 136. The van der Waals surface area contributed by atoms with Crippen molar-refractivity contribution < 1.29 is 5.82 Å². The smallest absolute Gasteiger partial charge is 0.103 e. The molecule has 1 saturated carbocycles. The van der Waals surface area contributed by atoms with Gasteiger partial charge in [0.15, 0.2) is 0 Å². The third-order valence-electron chi connectivity index (χ3n) is 3.18. The van der Waals surface area contributed by atoms with E-state index in [4.69, 9.17) is 0 Å². The number of alkyl halides is 1. The van der Waals surface area contributed by atoms with Crippen molar-refractivity contribution in [3.63, 3.8) is 0 Å². The van der Waals surface area contributed by atoms with Crippen molar-refractivity contribution in [2.24, 2.45) is 11.8 Å². The van der Waals surface area contributed by atoms with E-state index in [1.807, 2.05) is 0 Å². The molecule has 0 spiro atoms. The molecular weight excluding hydrogens is 163 g/mol. The molecule has 0 aromatic carbocycles. The van der Waals surface area contributed by atoms with Crippen LogP contribution in [0.2, 0.25) is 0 Å². The van der Waals surface area contributed by atoms with Crippen molar-refractivity contribution in [1.29, 1.82) is 0 Å². The summed E-state index contributed by atoms with van der Waals surface area (Å²) < 4.78 is 13.6. The van der Waals surface area contributed by atoms with Crippen LogP contribution in [0.25, 0.3) is 0 Å². The highest BCUT2D eigenvalue weighted by atomic mass is 19.1. The van der Waals surface area contributed by atoms with Gasteiger partial charge in [-0.1, -0.05) is 39.5 Å². The van der Waals surface area contributed by atoms with Crippen LogP contribution in [0.5, 0.6) is 0 Å². The zero-order valence-corrected chi connectivity index (χ0v) is 9.06. The third kappa shape index (κ3) is 4.10. The number of halogens is 1. The van der Waals surface area contributed by atoms with E-state index >= 15 is 0 Å². The highest BCUT2D eigenvalue weighted by Gasteiger charge is 2.22. The van der Waals surface area contributed by atoms with Crippen molar-refractivity contribution in [3.05, 3.63) is 0 Å². The normalized spacial score (nSPS) is 30.5. The lowest BCUT2D eigenvalue weighted by Gasteiger charge is -2.18. The van der Waals surface area contributed by atoms with Gasteiger partial charge in [-0.2, -0.15) is 0 Å². The number of rotatable bonds is 3. The van der Waals surface area contributed by atoms with Crippen LogP contribution in [-0.4, -0.2) is 6.17 Å². The first-order valence-electron chi connectivity index (χ1n) is 5.84. The van der Waals surface area contributed by atoms with E-state index < -0.39 is 6.17 Å². The summed E-state index contributed by atoms with van der Waals surface area (Å²) >= 11 is 0. The number of hydrogen-bond donors (Lipinski definition) is 0. The average Bonchev–Trinajstić information content (AvgIpc) is 2.27. The van der Waals surface area contributed by atoms with Gasteiger partial charge in [0, 0.05) is 1.43 Å². The predicted octanol–water partition coefficient (Wildman–Crippen LogP) is 4.59. The van der Waals surface area contributed by atoms with Gasteiger partial charge < -0.3 is 0 Å². The Morgan fingerprint density at radius 2 is 1.92 bits per heavy atom. The molecule has 1 rings (SSSR count). The Hall–Kier alpha value is -0.0700. The molecule has 1 aliphatic rings. The molecule has 0 heterocycles. The lowest BCUT2D eigenvalue weighted by atomic mass is 9.90. The van der Waals surface area contributed by atoms with Gasteiger partial charge >= 0.3 is 0 Å². The summed E-state index contributed by atoms with van der Waals surface area (Å²) in [4.78, 5) is 0. The molecule has 0 N–H and O–H groups in total. The zero-order valence-electron chi connectivity index (χ0n) is 9.06. The maximum Gasteiger partial charge on any atom is 0.103 e. The van der Waals surface area contributed by atoms with Gasteiger partial charge in [-0.25, -0.2) is 4.39 Å². The van der Waals surface area contributed by atoms with Gasteiger partial charge in [0.05, 0.1) is 0 Å². The van der Waals surface area contributed by atoms with Gasteiger partial charge in [-0.15, -0.1) is 0 Å². The second kappa shape index (κ2) is 5.62. The van der Waals surface area contributed by atoms with Crippen molar-refractivity contribution in [1.82, 2.24) is 0 Å². The fraction of sp³-hybridized carbons (Fsp3) is 1.00. The van der Waals surface area contributed by atoms with Gasteiger partial charge in [0.2, 0.25) is 0 Å². The second-order valence-corrected chi connectivity index (χ2v) is 4.89. The van der Waals surface area contributed by atoms with E-state index in [-0.39, 0.29) is 1.43 Å². The standard InChI is InChI=1S/C12H23F.H2/c1-10(2)8-9-11-6-4-3-5-7-12(11)13;/h10-12H,3-9H2,1-2H3;1H/t11-,12+;/m1./s1. The summed E-state index contributed by atoms with van der Waals surface area (Å²) in [5, 5.41) is 0. The molecule has 2 atom stereocenters. The van der Waals surface area contributed by atoms with E-state index in [0.29, 0.717) is 5.92 Å². The molecule has 13 heavy (non-hydrogen) atoms. The van der Waals surface area contributed by atoms with E-state index in [2.05, 4.69) is 13.8 Å². The predicted molar refractivity (Wildman–Crippen MR) is 57.7 cm³/mol. The monoisotopic (exact) mass is 188 g/mol. The first kappa shape index (κ1) is 11.0. The van der Waals surface area contributed by atoms with E-state index in [1.165, 1.54) is 19.3 Å². The minimum Gasteiger partial charge on any atom is -0.247 e. The Morgan fingerprint density at radius 1 is 1.23 bits per heavy atom. The fourth-order valence-corrected chi connectivity index (χ4v) is 2.21. The van der Waals surface area contributed by atoms with Gasteiger partial charge in [-0.3, -0.25) is 0 Å². The highest BCUT2D eigenvalue weighted by Crippen LogP contribution is 2.30. The minimum absolute atomic E-state index is 0. The summed E-state index contributed by atoms with van der Waals surface area (Å²) in [5.41, 5.74) is 0. The van der Waals surface area contributed by atoms with E-state index in [1.54, 1.807) is 0 Å². The molecule has 0 aromatic heterocycles. The summed E-state index contributed by atoms with van der Waals surface area (Å²) in [6.07, 6.45) is 7.38. The fourth-order valence-electron chi connectivity index (χ4n) is 2.21. The molecular formula is C12H25F. The largest absolute Gasteiger partial charge is 0.247 e. The molecule has 0 saturated heterocycles. The maximum atomic E-state index is 13.6. The topological polar surface area (TPSA) is 0 Å². The van der Waals surface area contributed by atoms with Crippen molar-refractivity contribution in [3.8, 4) is 0 Å². The van der Waals surface area contributed by atoms with E-state index in [0.717, 1.165) is 31.6 Å². The van der Waals surface area contributed by atoms with Crippen LogP contribution in [0.3, 0.4) is 0 Å². The third-order valence-corrected chi connectivity index (χ3v) is 3.18. The zero-order chi connectivity index (χ0) is 9.68. The van der Waals surface area contributed by atoms with Gasteiger partial charge in [-0.05, 0) is 31.1 Å². The minimum atomic E-state index is -0.499. The van der Waals surface area contributed by atoms with Gasteiger partial charge in [0.1, 0.15) is 6.17 Å². The summed E-state index contributed by atoms with van der Waals surface area (Å²) in [7, 11) is 0. The molecule has 0 amide bonds. The van der Waals surface area contributed by atoms with Crippen LogP contribution in [-0.2, 0) is 0 Å². The molecule has 1 fully saturated rings. The van der Waals surface area contributed by atoms with Crippen LogP contribution in [0.1, 0.15) is 60.2 Å². The Balaban J connectivity index is 0.00000169. The molecule has 80 valence electrons. The SMILES string of the molecule is CC(C)CC[C@H]1CCCCC[C@@H]1F.[HH]. The van der Waals surface area contributed by atoms with Crippen LogP contribution >= 0.6 is 0 Å². The van der Waals surface area contributed by atoms with Crippen molar-refractivity contribution in [2.75, 3.05) is 0 Å².